The molecule has 2 amide bonds. The molecule has 1 aliphatic heterocycles. The zero-order valence-corrected chi connectivity index (χ0v) is 18.0. The van der Waals surface area contributed by atoms with Gasteiger partial charge in [-0.3, -0.25) is 9.59 Å². The van der Waals surface area contributed by atoms with Crippen molar-refractivity contribution in [2.45, 2.75) is 32.2 Å². The van der Waals surface area contributed by atoms with Gasteiger partial charge in [-0.05, 0) is 56.0 Å². The predicted molar refractivity (Wildman–Crippen MR) is 115 cm³/mol. The molecule has 1 saturated heterocycles. The van der Waals surface area contributed by atoms with Gasteiger partial charge < -0.3 is 15.0 Å². The summed E-state index contributed by atoms with van der Waals surface area (Å²) in [6.45, 7) is 3.03. The number of nitrogens with one attached hydrogen (secondary N) is 1. The first kappa shape index (κ1) is 21.5. The fourth-order valence-corrected chi connectivity index (χ4v) is 4.19. The van der Waals surface area contributed by atoms with E-state index in [0.717, 1.165) is 23.3 Å². The lowest BCUT2D eigenvalue weighted by atomic mass is 10.1. The third-order valence-corrected chi connectivity index (χ3v) is 5.49. The number of methoxy groups -OCH3 is 1. The molecule has 0 saturated carbocycles. The van der Waals surface area contributed by atoms with Crippen LogP contribution in [0.4, 0.5) is 0 Å². The summed E-state index contributed by atoms with van der Waals surface area (Å²) in [5, 5.41) is 3.76. The van der Waals surface area contributed by atoms with Crippen molar-refractivity contribution >= 4 is 35.0 Å². The van der Waals surface area contributed by atoms with Gasteiger partial charge in [-0.2, -0.15) is 0 Å². The summed E-state index contributed by atoms with van der Waals surface area (Å²) in [7, 11) is 1.64. The van der Waals surface area contributed by atoms with Crippen molar-refractivity contribution in [2.24, 2.45) is 0 Å². The number of hydrogen-bond donors (Lipinski definition) is 1. The van der Waals surface area contributed by atoms with Crippen LogP contribution in [0.2, 0.25) is 10.0 Å². The monoisotopic (exact) mass is 434 g/mol. The molecule has 0 aliphatic carbocycles. The Morgan fingerprint density at radius 1 is 1.17 bits per heavy atom. The summed E-state index contributed by atoms with van der Waals surface area (Å²) in [6.07, 6.45) is 2.07. The van der Waals surface area contributed by atoms with Crippen molar-refractivity contribution in [1.82, 2.24) is 10.2 Å². The highest BCUT2D eigenvalue weighted by atomic mass is 35.5. The van der Waals surface area contributed by atoms with Gasteiger partial charge in [0.2, 0.25) is 5.91 Å². The number of benzene rings is 2. The number of aryl methyl sites for hydroxylation is 1. The second-order valence-electron chi connectivity index (χ2n) is 7.17. The number of carbonyl (C=O) groups is 2. The van der Waals surface area contributed by atoms with Gasteiger partial charge >= 0.3 is 0 Å². The van der Waals surface area contributed by atoms with E-state index >= 15 is 0 Å². The molecule has 1 aliphatic rings. The Hall–Kier alpha value is -2.24. The number of carbonyl (C=O) groups excluding carboxylic acids is 2. The van der Waals surface area contributed by atoms with E-state index in [1.165, 1.54) is 0 Å². The quantitative estimate of drug-likeness (QED) is 0.737. The van der Waals surface area contributed by atoms with Crippen LogP contribution in [-0.4, -0.2) is 43.0 Å². The molecule has 5 nitrogen and oxygen atoms in total. The molecule has 2 aromatic carbocycles. The van der Waals surface area contributed by atoms with Crippen LogP contribution in [0.1, 0.15) is 34.3 Å². The molecule has 7 heteroatoms. The fraction of sp³-hybridized carbons (Fsp3) is 0.364. The molecule has 1 atom stereocenters. The van der Waals surface area contributed by atoms with Crippen LogP contribution in [0.3, 0.4) is 0 Å². The van der Waals surface area contributed by atoms with Crippen molar-refractivity contribution in [3.63, 3.8) is 0 Å². The number of ether oxygens (including phenoxy) is 1. The summed E-state index contributed by atoms with van der Waals surface area (Å²) in [4.78, 5) is 27.2. The molecule has 29 heavy (non-hydrogen) atoms. The second kappa shape index (κ2) is 9.51. The Kier molecular flexibility index (Phi) is 7.04. The van der Waals surface area contributed by atoms with Gasteiger partial charge in [-0.1, -0.05) is 40.9 Å². The Morgan fingerprint density at radius 3 is 2.59 bits per heavy atom. The molecule has 0 aromatic heterocycles. The van der Waals surface area contributed by atoms with Gasteiger partial charge in [0.1, 0.15) is 11.8 Å². The molecule has 2 aromatic rings. The first-order valence-electron chi connectivity index (χ1n) is 9.57. The Labute approximate surface area is 180 Å². The van der Waals surface area contributed by atoms with Crippen molar-refractivity contribution in [1.29, 1.82) is 0 Å². The van der Waals surface area contributed by atoms with Crippen LogP contribution >= 0.6 is 23.2 Å². The maximum atomic E-state index is 12.9. The number of rotatable bonds is 6. The molecule has 0 bridgehead atoms. The van der Waals surface area contributed by atoms with E-state index in [4.69, 9.17) is 27.9 Å². The van der Waals surface area contributed by atoms with Crippen LogP contribution in [0, 0.1) is 6.92 Å². The maximum absolute atomic E-state index is 12.9. The van der Waals surface area contributed by atoms with Gasteiger partial charge in [0.05, 0.1) is 7.11 Å². The minimum Gasteiger partial charge on any atom is -0.496 e. The maximum Gasteiger partial charge on any atom is 0.254 e. The standard InChI is InChI=1S/C22H24Cl2N2O3/c1-14-5-6-20(29-2)15(10-14)7-8-25-21(27)19-4-3-9-26(19)22(28)16-11-17(23)13-18(24)12-16/h5-6,10-13,19H,3-4,7-9H2,1-2H3,(H,25,27). The number of amides is 2. The highest BCUT2D eigenvalue weighted by Gasteiger charge is 2.34. The predicted octanol–water partition coefficient (Wildman–Crippen LogP) is 4.27. The van der Waals surface area contributed by atoms with E-state index in [2.05, 4.69) is 11.4 Å². The second-order valence-corrected chi connectivity index (χ2v) is 8.04. The van der Waals surface area contributed by atoms with Gasteiger partial charge in [0.15, 0.2) is 0 Å². The largest absolute Gasteiger partial charge is 0.496 e. The van der Waals surface area contributed by atoms with Crippen LogP contribution in [0.5, 0.6) is 5.75 Å². The summed E-state index contributed by atoms with van der Waals surface area (Å²) >= 11 is 12.0. The highest BCUT2D eigenvalue weighted by Crippen LogP contribution is 2.25. The van der Waals surface area contributed by atoms with Crippen molar-refractivity contribution in [3.8, 4) is 5.75 Å². The molecule has 3 rings (SSSR count). The van der Waals surface area contributed by atoms with Gasteiger partial charge in [-0.15, -0.1) is 0 Å². The van der Waals surface area contributed by atoms with E-state index in [-0.39, 0.29) is 11.8 Å². The lowest BCUT2D eigenvalue weighted by Crippen LogP contribution is -2.46. The van der Waals surface area contributed by atoms with Crippen LogP contribution in [0.15, 0.2) is 36.4 Å². The van der Waals surface area contributed by atoms with E-state index < -0.39 is 6.04 Å². The Morgan fingerprint density at radius 2 is 1.90 bits per heavy atom. The summed E-state index contributed by atoms with van der Waals surface area (Å²) in [5.74, 6) is 0.434. The normalized spacial score (nSPS) is 16.0. The van der Waals surface area contributed by atoms with Crippen LogP contribution in [-0.2, 0) is 11.2 Å². The van der Waals surface area contributed by atoms with E-state index in [9.17, 15) is 9.59 Å². The van der Waals surface area contributed by atoms with E-state index in [1.807, 2.05) is 19.1 Å². The zero-order valence-electron chi connectivity index (χ0n) is 16.5. The third kappa shape index (κ3) is 5.22. The molecular formula is C22H24Cl2N2O3. The molecule has 1 unspecified atom stereocenters. The van der Waals surface area contributed by atoms with E-state index in [1.54, 1.807) is 30.2 Å². The topological polar surface area (TPSA) is 58.6 Å². The molecule has 1 heterocycles. The first-order chi connectivity index (χ1) is 13.9. The van der Waals surface area contributed by atoms with Crippen LogP contribution < -0.4 is 10.1 Å². The number of hydrogen-bond acceptors (Lipinski definition) is 3. The van der Waals surface area contributed by atoms with Crippen molar-refractivity contribution < 1.29 is 14.3 Å². The Balaban J connectivity index is 1.63. The van der Waals surface area contributed by atoms with Gasteiger partial charge in [0.25, 0.3) is 5.91 Å². The first-order valence-corrected chi connectivity index (χ1v) is 10.3. The molecule has 154 valence electrons. The number of nitrogens with zero attached hydrogens (tertiary/aromatic N) is 1. The minimum absolute atomic E-state index is 0.143. The van der Waals surface area contributed by atoms with Crippen molar-refractivity contribution in [3.05, 3.63) is 63.1 Å². The molecule has 0 radical (unpaired) electrons. The number of halogens is 2. The molecular weight excluding hydrogens is 411 g/mol. The smallest absolute Gasteiger partial charge is 0.254 e. The average Bonchev–Trinajstić information content (AvgIpc) is 3.16. The van der Waals surface area contributed by atoms with Gasteiger partial charge in [0, 0.05) is 28.7 Å². The molecule has 0 spiro atoms. The van der Waals surface area contributed by atoms with Crippen molar-refractivity contribution in [2.75, 3.05) is 20.2 Å². The summed E-state index contributed by atoms with van der Waals surface area (Å²) < 4.78 is 5.39. The zero-order chi connectivity index (χ0) is 21.0. The minimum atomic E-state index is -0.486. The van der Waals surface area contributed by atoms with Crippen LogP contribution in [0.25, 0.3) is 0 Å². The lowest BCUT2D eigenvalue weighted by Gasteiger charge is -2.24. The summed E-state index contributed by atoms with van der Waals surface area (Å²) in [6, 6.07) is 10.2. The molecule has 1 N–H and O–H groups in total. The van der Waals surface area contributed by atoms with Gasteiger partial charge in [-0.25, -0.2) is 0 Å². The third-order valence-electron chi connectivity index (χ3n) is 5.06. The lowest BCUT2D eigenvalue weighted by molar-refractivity contribution is -0.124. The van der Waals surface area contributed by atoms with E-state index in [0.29, 0.717) is 41.5 Å². The Bertz CT molecular complexity index is 897. The summed E-state index contributed by atoms with van der Waals surface area (Å²) in [5.41, 5.74) is 2.58. The fourth-order valence-electron chi connectivity index (χ4n) is 3.67. The highest BCUT2D eigenvalue weighted by molar-refractivity contribution is 6.35. The SMILES string of the molecule is COc1ccc(C)cc1CCNC(=O)C1CCCN1C(=O)c1cc(Cl)cc(Cl)c1. The number of likely N-dealkylation sites (tertiary alicyclic amines) is 1. The molecule has 1 fully saturated rings. The average molecular weight is 435 g/mol.